The summed E-state index contributed by atoms with van der Waals surface area (Å²) in [5.74, 6) is 0.195. The largest absolute Gasteiger partial charge is 0.466 e. The Bertz CT molecular complexity index is 281. The number of carbonyl (C=O) groups excluding carboxylic acids is 2. The minimum absolute atomic E-state index is 0.0574. The number of hydrogen-bond donors (Lipinski definition) is 1. The zero-order valence-electron chi connectivity index (χ0n) is 11.4. The number of nitrogens with one attached hydrogen (secondary N) is 1. The van der Waals surface area contributed by atoms with Gasteiger partial charge in [0.15, 0.2) is 0 Å². The van der Waals surface area contributed by atoms with Gasteiger partial charge >= 0.3 is 5.97 Å². The zero-order valence-corrected chi connectivity index (χ0v) is 11.4. The van der Waals surface area contributed by atoms with E-state index < -0.39 is 0 Å². The van der Waals surface area contributed by atoms with Crippen LogP contribution < -0.4 is 5.32 Å². The van der Waals surface area contributed by atoms with Gasteiger partial charge in [0.2, 0.25) is 5.91 Å². The van der Waals surface area contributed by atoms with Gasteiger partial charge in [-0.3, -0.25) is 9.59 Å². The summed E-state index contributed by atoms with van der Waals surface area (Å²) in [6.45, 7) is 8.27. The summed E-state index contributed by atoms with van der Waals surface area (Å²) in [7, 11) is 0. The molecule has 0 bridgehead atoms. The minimum Gasteiger partial charge on any atom is -0.466 e. The summed E-state index contributed by atoms with van der Waals surface area (Å²) < 4.78 is 4.77. The van der Waals surface area contributed by atoms with E-state index in [2.05, 4.69) is 17.1 Å². The number of ether oxygens (including phenoxy) is 1. The molecule has 1 rings (SSSR count). The van der Waals surface area contributed by atoms with Crippen LogP contribution in [0.5, 0.6) is 0 Å². The van der Waals surface area contributed by atoms with E-state index in [1.807, 2.05) is 0 Å². The van der Waals surface area contributed by atoms with Crippen molar-refractivity contribution in [2.75, 3.05) is 32.8 Å². The smallest absolute Gasteiger partial charge is 0.306 e. The lowest BCUT2D eigenvalue weighted by Gasteiger charge is -2.13. The van der Waals surface area contributed by atoms with Gasteiger partial charge in [-0.1, -0.05) is 6.92 Å². The number of hydrogen-bond acceptors (Lipinski definition) is 4. The molecular weight excluding hydrogens is 232 g/mol. The van der Waals surface area contributed by atoms with E-state index in [1.54, 1.807) is 6.92 Å². The first-order chi connectivity index (χ1) is 8.65. The highest BCUT2D eigenvalue weighted by atomic mass is 16.5. The molecule has 1 unspecified atom stereocenters. The van der Waals surface area contributed by atoms with Crippen molar-refractivity contribution in [1.29, 1.82) is 0 Å². The molecular formula is C13H24N2O3. The Kier molecular flexibility index (Phi) is 6.72. The molecule has 1 fully saturated rings. The van der Waals surface area contributed by atoms with Gasteiger partial charge in [0, 0.05) is 19.5 Å². The third-order valence-corrected chi connectivity index (χ3v) is 3.27. The lowest BCUT2D eigenvalue weighted by molar-refractivity contribution is -0.144. The van der Waals surface area contributed by atoms with Gasteiger partial charge in [0.1, 0.15) is 0 Å². The number of likely N-dealkylation sites (tertiary alicyclic amines) is 1. The molecule has 5 heteroatoms. The molecule has 0 aliphatic carbocycles. The fourth-order valence-corrected chi connectivity index (χ4v) is 2.16. The van der Waals surface area contributed by atoms with Crippen molar-refractivity contribution < 1.29 is 14.3 Å². The highest BCUT2D eigenvalue weighted by Crippen LogP contribution is 2.14. The lowest BCUT2D eigenvalue weighted by Crippen LogP contribution is -2.31. The molecule has 0 aromatic carbocycles. The second kappa shape index (κ2) is 8.08. The first-order valence-electron chi connectivity index (χ1n) is 6.80. The highest BCUT2D eigenvalue weighted by Gasteiger charge is 2.21. The fourth-order valence-electron chi connectivity index (χ4n) is 2.16. The van der Waals surface area contributed by atoms with Crippen molar-refractivity contribution in [3.8, 4) is 0 Å². The topological polar surface area (TPSA) is 58.6 Å². The average Bonchev–Trinajstić information content (AvgIpc) is 2.82. The summed E-state index contributed by atoms with van der Waals surface area (Å²) in [5.41, 5.74) is 0. The van der Waals surface area contributed by atoms with Gasteiger partial charge < -0.3 is 15.0 Å². The third kappa shape index (κ3) is 5.49. The Balaban J connectivity index is 2.08. The van der Waals surface area contributed by atoms with Crippen LogP contribution in [0.25, 0.3) is 0 Å². The molecule has 104 valence electrons. The first kappa shape index (κ1) is 15.0. The van der Waals surface area contributed by atoms with Crippen molar-refractivity contribution in [3.05, 3.63) is 0 Å². The number of esters is 1. The monoisotopic (exact) mass is 256 g/mol. The van der Waals surface area contributed by atoms with Crippen molar-refractivity contribution in [3.63, 3.8) is 0 Å². The molecule has 1 atom stereocenters. The van der Waals surface area contributed by atoms with Crippen LogP contribution in [0.1, 0.15) is 33.1 Å². The van der Waals surface area contributed by atoms with E-state index in [0.29, 0.717) is 12.5 Å². The molecule has 5 nitrogen and oxygen atoms in total. The molecule has 0 aromatic heterocycles. The average molecular weight is 256 g/mol. The van der Waals surface area contributed by atoms with Crippen molar-refractivity contribution in [2.45, 2.75) is 33.1 Å². The van der Waals surface area contributed by atoms with Gasteiger partial charge in [-0.25, -0.2) is 0 Å². The van der Waals surface area contributed by atoms with Crippen molar-refractivity contribution in [1.82, 2.24) is 10.2 Å². The van der Waals surface area contributed by atoms with E-state index in [9.17, 15) is 9.59 Å². The second-order valence-electron chi connectivity index (χ2n) is 4.66. The van der Waals surface area contributed by atoms with Gasteiger partial charge in [0.25, 0.3) is 0 Å². The summed E-state index contributed by atoms with van der Waals surface area (Å²) in [6.07, 6.45) is 1.54. The predicted molar refractivity (Wildman–Crippen MR) is 69.1 cm³/mol. The van der Waals surface area contributed by atoms with Crippen molar-refractivity contribution >= 4 is 11.9 Å². The number of nitrogens with zero attached hydrogens (tertiary/aromatic N) is 1. The van der Waals surface area contributed by atoms with E-state index in [-0.39, 0.29) is 24.7 Å². The Labute approximate surface area is 109 Å². The van der Waals surface area contributed by atoms with Crippen molar-refractivity contribution in [2.24, 2.45) is 5.92 Å². The number of carbonyl (C=O) groups is 2. The summed E-state index contributed by atoms with van der Waals surface area (Å²) >= 11 is 0. The third-order valence-electron chi connectivity index (χ3n) is 3.27. The van der Waals surface area contributed by atoms with Crippen LogP contribution in [0.2, 0.25) is 0 Å². The van der Waals surface area contributed by atoms with Crippen LogP contribution in [0.3, 0.4) is 0 Å². The molecule has 1 saturated heterocycles. The normalized spacial score (nSPS) is 19.8. The highest BCUT2D eigenvalue weighted by molar-refractivity contribution is 5.81. The first-order valence-corrected chi connectivity index (χ1v) is 6.80. The van der Waals surface area contributed by atoms with Gasteiger partial charge in [0.05, 0.1) is 13.0 Å². The van der Waals surface area contributed by atoms with E-state index >= 15 is 0 Å². The molecule has 1 amide bonds. The molecule has 0 spiro atoms. The molecule has 1 N–H and O–H groups in total. The Hall–Kier alpha value is -1.10. The number of rotatable bonds is 7. The van der Waals surface area contributed by atoms with Gasteiger partial charge in [-0.2, -0.15) is 0 Å². The maximum atomic E-state index is 11.5. The molecule has 0 saturated carbocycles. The molecule has 1 aliphatic heterocycles. The molecule has 1 heterocycles. The molecule has 1 aliphatic rings. The summed E-state index contributed by atoms with van der Waals surface area (Å²) in [5, 5.41) is 2.89. The van der Waals surface area contributed by atoms with Crippen LogP contribution in [0.15, 0.2) is 0 Å². The maximum Gasteiger partial charge on any atom is 0.306 e. The SMILES string of the molecule is CCOC(=O)CCC(=O)NCC1CCN(CC)C1. The quantitative estimate of drug-likeness (QED) is 0.684. The van der Waals surface area contributed by atoms with E-state index in [4.69, 9.17) is 4.74 Å². The Morgan fingerprint density at radius 1 is 1.33 bits per heavy atom. The molecule has 18 heavy (non-hydrogen) atoms. The molecule has 0 radical (unpaired) electrons. The Morgan fingerprint density at radius 3 is 2.72 bits per heavy atom. The standard InChI is InChI=1S/C13H24N2O3/c1-3-15-8-7-11(10-15)9-14-12(16)5-6-13(17)18-4-2/h11H,3-10H2,1-2H3,(H,14,16). The van der Waals surface area contributed by atoms with Crippen LogP contribution in [-0.2, 0) is 14.3 Å². The van der Waals surface area contributed by atoms with Crippen LogP contribution in [-0.4, -0.2) is 49.6 Å². The second-order valence-corrected chi connectivity index (χ2v) is 4.66. The Morgan fingerprint density at radius 2 is 2.11 bits per heavy atom. The fraction of sp³-hybridized carbons (Fsp3) is 0.846. The van der Waals surface area contributed by atoms with Crippen LogP contribution in [0.4, 0.5) is 0 Å². The summed E-state index contributed by atoms with van der Waals surface area (Å²) in [6, 6.07) is 0. The molecule has 0 aromatic rings. The summed E-state index contributed by atoms with van der Waals surface area (Å²) in [4.78, 5) is 25.0. The lowest BCUT2D eigenvalue weighted by atomic mass is 10.1. The minimum atomic E-state index is -0.300. The zero-order chi connectivity index (χ0) is 13.4. The maximum absolute atomic E-state index is 11.5. The van der Waals surface area contributed by atoms with Crippen LogP contribution in [0, 0.1) is 5.92 Å². The van der Waals surface area contributed by atoms with Crippen LogP contribution >= 0.6 is 0 Å². The number of amides is 1. The predicted octanol–water partition coefficient (Wildman–Crippen LogP) is 0.788. The van der Waals surface area contributed by atoms with E-state index in [1.165, 1.54) is 0 Å². The van der Waals surface area contributed by atoms with Gasteiger partial charge in [-0.15, -0.1) is 0 Å². The van der Waals surface area contributed by atoms with E-state index in [0.717, 1.165) is 32.6 Å². The van der Waals surface area contributed by atoms with Gasteiger partial charge in [-0.05, 0) is 32.4 Å².